The Kier molecular flexibility index (Phi) is 7.52. The molecule has 2 aromatic rings. The quantitative estimate of drug-likeness (QED) is 0.475. The van der Waals surface area contributed by atoms with E-state index in [9.17, 15) is 20.4 Å². The molecule has 1 aliphatic rings. The van der Waals surface area contributed by atoms with E-state index in [1.165, 1.54) is 7.11 Å². The molecular weight excluding hydrogens is 456 g/mol. The average Bonchev–Trinajstić information content (AvgIpc) is 2.76. The summed E-state index contributed by atoms with van der Waals surface area (Å²) < 4.78 is 17.6. The van der Waals surface area contributed by atoms with E-state index >= 15 is 0 Å². The Morgan fingerprint density at radius 2 is 1.77 bits per heavy atom. The Morgan fingerprint density at radius 3 is 2.37 bits per heavy atom. The molecule has 0 unspecified atom stereocenters. The molecule has 0 aliphatic carbocycles. The topological polar surface area (TPSA) is 109 Å². The zero-order valence-electron chi connectivity index (χ0n) is 16.9. The van der Waals surface area contributed by atoms with Crippen LogP contribution in [-0.2, 0) is 21.7 Å². The zero-order chi connectivity index (χ0) is 21.9. The van der Waals surface area contributed by atoms with Gasteiger partial charge in [0, 0.05) is 17.1 Å². The van der Waals surface area contributed by atoms with Gasteiger partial charge in [0.05, 0.1) is 13.2 Å². The van der Waals surface area contributed by atoms with Crippen LogP contribution in [0.4, 0.5) is 0 Å². The van der Waals surface area contributed by atoms with Crippen molar-refractivity contribution in [1.29, 1.82) is 0 Å². The van der Waals surface area contributed by atoms with Crippen molar-refractivity contribution < 1.29 is 34.6 Å². The summed E-state index contributed by atoms with van der Waals surface area (Å²) in [5.74, 6) is -0.936. The van der Waals surface area contributed by atoms with Gasteiger partial charge in [-0.15, -0.1) is 0 Å². The van der Waals surface area contributed by atoms with Crippen molar-refractivity contribution >= 4 is 15.9 Å². The van der Waals surface area contributed by atoms with Crippen LogP contribution in [0.25, 0.3) is 0 Å². The molecule has 5 atom stereocenters. The number of halogens is 1. The van der Waals surface area contributed by atoms with Gasteiger partial charge in [0.1, 0.15) is 30.2 Å². The monoisotopic (exact) mass is 482 g/mol. The highest BCUT2D eigenvalue weighted by atomic mass is 79.9. The molecular formula is C22H27BrO7. The van der Waals surface area contributed by atoms with Gasteiger partial charge in [-0.2, -0.15) is 0 Å². The van der Waals surface area contributed by atoms with Crippen molar-refractivity contribution in [2.45, 2.75) is 43.5 Å². The SMILES string of the molecule is CCOc1ccc(Cc2cc([C@]3(OC)O[C@H](CO)[C@@H](O)[C@H](O)[C@H]3O)ccc2Br)cc1. The van der Waals surface area contributed by atoms with Crippen molar-refractivity contribution in [3.8, 4) is 5.75 Å². The molecule has 0 spiro atoms. The second-order valence-electron chi connectivity index (χ2n) is 7.20. The maximum atomic E-state index is 10.7. The molecule has 164 valence electrons. The van der Waals surface area contributed by atoms with Gasteiger partial charge in [-0.3, -0.25) is 0 Å². The average molecular weight is 483 g/mol. The van der Waals surface area contributed by atoms with Crippen LogP contribution in [0.1, 0.15) is 23.6 Å². The molecule has 0 amide bonds. The predicted octanol–water partition coefficient (Wildman–Crippen LogP) is 1.71. The molecule has 7 nitrogen and oxygen atoms in total. The summed E-state index contributed by atoms with van der Waals surface area (Å²) in [6.45, 7) is 2.00. The number of hydrogen-bond acceptors (Lipinski definition) is 7. The lowest BCUT2D eigenvalue weighted by atomic mass is 9.87. The molecule has 0 aromatic heterocycles. The number of methoxy groups -OCH3 is 1. The maximum Gasteiger partial charge on any atom is 0.224 e. The smallest absolute Gasteiger partial charge is 0.224 e. The summed E-state index contributed by atoms with van der Waals surface area (Å²) in [6, 6.07) is 13.1. The third kappa shape index (κ3) is 4.40. The Bertz CT molecular complexity index is 842. The van der Waals surface area contributed by atoms with E-state index in [1.807, 2.05) is 37.3 Å². The number of benzene rings is 2. The Morgan fingerprint density at radius 1 is 1.07 bits per heavy atom. The van der Waals surface area contributed by atoms with Crippen LogP contribution in [0.2, 0.25) is 0 Å². The largest absolute Gasteiger partial charge is 0.494 e. The summed E-state index contributed by atoms with van der Waals surface area (Å²) in [6.07, 6.45) is -5.06. The normalized spacial score (nSPS) is 29.0. The first-order chi connectivity index (χ1) is 14.4. The first-order valence-electron chi connectivity index (χ1n) is 9.75. The minimum Gasteiger partial charge on any atom is -0.494 e. The summed E-state index contributed by atoms with van der Waals surface area (Å²) in [5.41, 5.74) is 2.42. The third-order valence-corrected chi connectivity index (χ3v) is 6.10. The molecule has 1 heterocycles. The minimum atomic E-state index is -1.74. The van der Waals surface area contributed by atoms with Crippen molar-refractivity contribution in [2.75, 3.05) is 20.3 Å². The fourth-order valence-corrected chi connectivity index (χ4v) is 4.07. The van der Waals surface area contributed by atoms with Gasteiger partial charge >= 0.3 is 0 Å². The van der Waals surface area contributed by atoms with Gasteiger partial charge in [-0.1, -0.05) is 34.1 Å². The Labute approximate surface area is 184 Å². The van der Waals surface area contributed by atoms with E-state index in [0.29, 0.717) is 18.6 Å². The number of rotatable bonds is 7. The summed E-state index contributed by atoms with van der Waals surface area (Å²) in [7, 11) is 1.34. The van der Waals surface area contributed by atoms with Gasteiger partial charge in [0.25, 0.3) is 0 Å². The number of aliphatic hydroxyl groups is 4. The third-order valence-electron chi connectivity index (χ3n) is 5.33. The van der Waals surface area contributed by atoms with Crippen LogP contribution < -0.4 is 4.74 Å². The zero-order valence-corrected chi connectivity index (χ0v) is 18.4. The van der Waals surface area contributed by atoms with Crippen molar-refractivity contribution in [1.82, 2.24) is 0 Å². The van der Waals surface area contributed by atoms with E-state index < -0.39 is 36.8 Å². The number of hydrogen-bond donors (Lipinski definition) is 4. The molecule has 0 bridgehead atoms. The lowest BCUT2D eigenvalue weighted by Crippen LogP contribution is -2.64. The molecule has 1 fully saturated rings. The van der Waals surface area contributed by atoms with Crippen molar-refractivity contribution in [3.63, 3.8) is 0 Å². The summed E-state index contributed by atoms with van der Waals surface area (Å²) in [4.78, 5) is 0. The molecule has 0 radical (unpaired) electrons. The first-order valence-corrected chi connectivity index (χ1v) is 10.5. The number of ether oxygens (including phenoxy) is 3. The second kappa shape index (κ2) is 9.74. The summed E-state index contributed by atoms with van der Waals surface area (Å²) >= 11 is 3.55. The molecule has 0 saturated carbocycles. The van der Waals surface area contributed by atoms with E-state index in [2.05, 4.69) is 15.9 Å². The fraction of sp³-hybridized carbons (Fsp3) is 0.455. The van der Waals surface area contributed by atoms with Crippen LogP contribution in [0.5, 0.6) is 5.75 Å². The standard InChI is InChI=1S/C22H27BrO7/c1-3-29-16-7-4-13(5-8-16)10-14-11-15(6-9-17(14)23)22(28-2)21(27)20(26)19(25)18(12-24)30-22/h4-9,11,18-21,24-27H,3,10,12H2,1-2H3/t18-,19-,20+,21-,22+/m1/s1. The van der Waals surface area contributed by atoms with Gasteiger partial charge in [0.2, 0.25) is 5.79 Å². The van der Waals surface area contributed by atoms with Crippen LogP contribution in [0, 0.1) is 0 Å². The van der Waals surface area contributed by atoms with Gasteiger partial charge in [-0.05, 0) is 48.7 Å². The molecule has 2 aromatic carbocycles. The van der Waals surface area contributed by atoms with E-state index in [-0.39, 0.29) is 0 Å². The second-order valence-corrected chi connectivity index (χ2v) is 8.05. The van der Waals surface area contributed by atoms with Crippen LogP contribution in [0.3, 0.4) is 0 Å². The molecule has 4 N–H and O–H groups in total. The lowest BCUT2D eigenvalue weighted by molar-refractivity contribution is -0.366. The highest BCUT2D eigenvalue weighted by molar-refractivity contribution is 9.10. The van der Waals surface area contributed by atoms with Gasteiger partial charge in [0.15, 0.2) is 0 Å². The molecule has 1 saturated heterocycles. The molecule has 1 aliphatic heterocycles. The molecule has 3 rings (SSSR count). The number of aliphatic hydroxyl groups excluding tert-OH is 4. The predicted molar refractivity (Wildman–Crippen MR) is 113 cm³/mol. The van der Waals surface area contributed by atoms with Crippen LogP contribution >= 0.6 is 15.9 Å². The Hall–Kier alpha value is -1.52. The van der Waals surface area contributed by atoms with Gasteiger partial charge in [-0.25, -0.2) is 0 Å². The molecule has 8 heteroatoms. The van der Waals surface area contributed by atoms with Crippen LogP contribution in [-0.4, -0.2) is 65.2 Å². The highest BCUT2D eigenvalue weighted by Crippen LogP contribution is 2.40. The highest BCUT2D eigenvalue weighted by Gasteiger charge is 2.55. The Balaban J connectivity index is 1.94. The fourth-order valence-electron chi connectivity index (χ4n) is 3.68. The van der Waals surface area contributed by atoms with E-state index in [4.69, 9.17) is 14.2 Å². The lowest BCUT2D eigenvalue weighted by Gasteiger charge is -2.47. The minimum absolute atomic E-state index is 0.464. The van der Waals surface area contributed by atoms with Crippen molar-refractivity contribution in [3.05, 3.63) is 63.6 Å². The van der Waals surface area contributed by atoms with E-state index in [1.54, 1.807) is 12.1 Å². The van der Waals surface area contributed by atoms with Crippen molar-refractivity contribution in [2.24, 2.45) is 0 Å². The van der Waals surface area contributed by atoms with Crippen LogP contribution in [0.15, 0.2) is 46.9 Å². The molecule has 30 heavy (non-hydrogen) atoms. The maximum absolute atomic E-state index is 10.7. The first kappa shape index (κ1) is 23.1. The van der Waals surface area contributed by atoms with Gasteiger partial charge < -0.3 is 34.6 Å². The van der Waals surface area contributed by atoms with E-state index in [0.717, 1.165) is 21.3 Å². The summed E-state index contributed by atoms with van der Waals surface area (Å²) in [5, 5.41) is 40.6.